The van der Waals surface area contributed by atoms with E-state index in [1.165, 1.54) is 4.90 Å². The molecule has 9 heteroatoms. The summed E-state index contributed by atoms with van der Waals surface area (Å²) in [5, 5.41) is 4.77. The Morgan fingerprint density at radius 1 is 1.15 bits per heavy atom. The van der Waals surface area contributed by atoms with Crippen molar-refractivity contribution in [2.45, 2.75) is 58.2 Å². The number of urea groups is 1. The first-order valence-corrected chi connectivity index (χ1v) is 13.6. The van der Waals surface area contributed by atoms with E-state index in [1.807, 2.05) is 68.4 Å². The van der Waals surface area contributed by atoms with E-state index >= 15 is 0 Å². The zero-order valence-corrected chi connectivity index (χ0v) is 22.6. The van der Waals surface area contributed by atoms with Crippen LogP contribution in [0.25, 0.3) is 10.8 Å². The maximum absolute atomic E-state index is 14.1. The summed E-state index contributed by atoms with van der Waals surface area (Å²) in [6, 6.07) is 16.0. The predicted molar refractivity (Wildman–Crippen MR) is 151 cm³/mol. The Balaban J connectivity index is 1.63. The predicted octanol–water partition coefficient (Wildman–Crippen LogP) is 3.90. The van der Waals surface area contributed by atoms with Gasteiger partial charge in [0.2, 0.25) is 5.91 Å². The number of imide groups is 1. The Kier molecular flexibility index (Phi) is 9.49. The number of likely N-dealkylation sites (tertiary alicyclic amines) is 1. The molecule has 0 radical (unpaired) electrons. The minimum atomic E-state index is -0.802. The second kappa shape index (κ2) is 13.2. The lowest BCUT2D eigenvalue weighted by atomic mass is 10.0. The van der Waals surface area contributed by atoms with E-state index in [-0.39, 0.29) is 31.1 Å². The fourth-order valence-corrected chi connectivity index (χ4v) is 4.90. The molecule has 1 aromatic heterocycles. The molecular weight excluding hydrogens is 494 g/mol. The molecular formula is C30H37N5O4. The second-order valence-electron chi connectivity index (χ2n) is 9.99. The molecule has 9 nitrogen and oxygen atoms in total. The number of nitrogen functional groups attached to an aromatic ring is 1. The first-order chi connectivity index (χ1) is 18.9. The Morgan fingerprint density at radius 2 is 1.95 bits per heavy atom. The first-order valence-electron chi connectivity index (χ1n) is 13.6. The number of rotatable bonds is 10. The topological polar surface area (TPSA) is 118 Å². The maximum atomic E-state index is 14.1. The highest BCUT2D eigenvalue weighted by molar-refractivity contribution is 5.98. The van der Waals surface area contributed by atoms with Gasteiger partial charge in [-0.05, 0) is 61.3 Å². The molecule has 3 N–H and O–H groups in total. The number of carbonyl (C=O) groups is 3. The van der Waals surface area contributed by atoms with E-state index in [4.69, 9.17) is 10.5 Å². The number of esters is 1. The zero-order chi connectivity index (χ0) is 27.8. The molecule has 2 atom stereocenters. The third-order valence-electron chi connectivity index (χ3n) is 7.04. The summed E-state index contributed by atoms with van der Waals surface area (Å²) >= 11 is 0. The number of nitrogens with one attached hydrogen (secondary N) is 1. The van der Waals surface area contributed by atoms with Crippen molar-refractivity contribution < 1.29 is 19.1 Å². The lowest BCUT2D eigenvalue weighted by molar-refractivity contribution is -0.143. The molecule has 2 heterocycles. The van der Waals surface area contributed by atoms with Crippen molar-refractivity contribution in [3.63, 3.8) is 0 Å². The molecule has 0 spiro atoms. The number of anilines is 1. The lowest BCUT2D eigenvalue weighted by Crippen LogP contribution is -2.54. The molecule has 1 saturated heterocycles. The third kappa shape index (κ3) is 7.11. The van der Waals surface area contributed by atoms with Gasteiger partial charge in [-0.25, -0.2) is 9.78 Å². The van der Waals surface area contributed by atoms with Crippen LogP contribution in [-0.4, -0.2) is 64.5 Å². The van der Waals surface area contributed by atoms with Crippen molar-refractivity contribution in [1.82, 2.24) is 20.1 Å². The van der Waals surface area contributed by atoms with Crippen LogP contribution < -0.4 is 11.1 Å². The number of hydrogen-bond acceptors (Lipinski definition) is 7. The largest absolute Gasteiger partial charge is 0.465 e. The fraction of sp³-hybridized carbons (Fsp3) is 0.400. The van der Waals surface area contributed by atoms with Crippen molar-refractivity contribution in [3.05, 3.63) is 71.9 Å². The average molecular weight is 532 g/mol. The van der Waals surface area contributed by atoms with Crippen LogP contribution in [0.3, 0.4) is 0 Å². The quantitative estimate of drug-likeness (QED) is 0.381. The lowest BCUT2D eigenvalue weighted by Gasteiger charge is -2.32. The van der Waals surface area contributed by atoms with Gasteiger partial charge in [-0.1, -0.05) is 49.4 Å². The number of carbonyl (C=O) groups excluding carboxylic acids is 3. The van der Waals surface area contributed by atoms with Crippen LogP contribution in [0, 0.1) is 0 Å². The van der Waals surface area contributed by atoms with E-state index in [9.17, 15) is 14.4 Å². The highest BCUT2D eigenvalue weighted by Crippen LogP contribution is 2.24. The van der Waals surface area contributed by atoms with Gasteiger partial charge in [-0.15, -0.1) is 0 Å². The molecule has 39 heavy (non-hydrogen) atoms. The number of benzene rings is 2. The average Bonchev–Trinajstić information content (AvgIpc) is 3.38. The van der Waals surface area contributed by atoms with Gasteiger partial charge in [-0.3, -0.25) is 19.8 Å². The van der Waals surface area contributed by atoms with Gasteiger partial charge in [0, 0.05) is 24.2 Å². The molecule has 0 unspecified atom stereocenters. The molecule has 1 aliphatic rings. The number of aromatic nitrogens is 1. The van der Waals surface area contributed by atoms with Crippen molar-refractivity contribution in [2.24, 2.45) is 0 Å². The maximum Gasteiger partial charge on any atom is 0.327 e. The summed E-state index contributed by atoms with van der Waals surface area (Å²) < 4.78 is 5.20. The number of fused-ring (bicyclic) bond motifs is 1. The van der Waals surface area contributed by atoms with Crippen molar-refractivity contribution in [2.75, 3.05) is 25.4 Å². The van der Waals surface area contributed by atoms with Gasteiger partial charge in [-0.2, -0.15) is 0 Å². The van der Waals surface area contributed by atoms with Crippen LogP contribution in [0.5, 0.6) is 0 Å². The van der Waals surface area contributed by atoms with E-state index in [0.29, 0.717) is 31.8 Å². The summed E-state index contributed by atoms with van der Waals surface area (Å²) in [7, 11) is 0. The van der Waals surface area contributed by atoms with E-state index in [1.54, 1.807) is 11.1 Å². The monoisotopic (exact) mass is 531 g/mol. The fourth-order valence-electron chi connectivity index (χ4n) is 4.90. The van der Waals surface area contributed by atoms with Gasteiger partial charge in [0.15, 0.2) is 0 Å². The Labute approximate surface area is 229 Å². The number of nitrogens with zero attached hydrogens (tertiary/aromatic N) is 3. The van der Waals surface area contributed by atoms with E-state index in [0.717, 1.165) is 34.7 Å². The smallest absolute Gasteiger partial charge is 0.327 e. The van der Waals surface area contributed by atoms with Gasteiger partial charge < -0.3 is 15.4 Å². The SMILES string of the molecule is CCCOC(=O)CN[C@H](Cc1ccccc1)C(=O)N(Cc1ccc2c(N)nccc2c1)C(=O)N1CCC[C@H]1C. The van der Waals surface area contributed by atoms with Crippen LogP contribution in [0.2, 0.25) is 0 Å². The molecule has 3 amide bonds. The molecule has 4 rings (SSSR count). The second-order valence-corrected chi connectivity index (χ2v) is 9.99. The van der Waals surface area contributed by atoms with Crippen molar-refractivity contribution in [3.8, 4) is 0 Å². The van der Waals surface area contributed by atoms with E-state index in [2.05, 4.69) is 10.3 Å². The number of nitrogens with two attached hydrogens (primary N) is 1. The highest BCUT2D eigenvalue weighted by Gasteiger charge is 2.35. The molecule has 2 aromatic carbocycles. The molecule has 1 fully saturated rings. The van der Waals surface area contributed by atoms with Gasteiger partial charge in [0.1, 0.15) is 5.82 Å². The summed E-state index contributed by atoms with van der Waals surface area (Å²) in [6.07, 6.45) is 4.46. The standard InChI is InChI=1S/C30H37N5O4/c1-3-16-39-27(36)19-33-26(18-22-9-5-4-6-10-22)29(37)35(30(38)34-15-7-8-21(34)2)20-23-11-12-25-24(17-23)13-14-32-28(25)31/h4-6,9-14,17,21,26,33H,3,7-8,15-16,18-20H2,1-2H3,(H2,31,32)/t21-,26-/m1/s1. The number of pyridine rings is 1. The van der Waals surface area contributed by atoms with E-state index < -0.39 is 12.0 Å². The number of ether oxygens (including phenoxy) is 1. The third-order valence-corrected chi connectivity index (χ3v) is 7.04. The molecule has 0 aliphatic carbocycles. The van der Waals surface area contributed by atoms with Crippen molar-refractivity contribution in [1.29, 1.82) is 0 Å². The van der Waals surface area contributed by atoms with Gasteiger partial charge in [0.05, 0.1) is 25.7 Å². The molecule has 3 aromatic rings. The number of amides is 3. The summed E-state index contributed by atoms with van der Waals surface area (Å²) in [6.45, 7) is 4.80. The van der Waals surface area contributed by atoms with Crippen LogP contribution in [0.15, 0.2) is 60.8 Å². The minimum absolute atomic E-state index is 0.0415. The van der Waals surface area contributed by atoms with Crippen LogP contribution >= 0.6 is 0 Å². The van der Waals surface area contributed by atoms with Crippen LogP contribution in [0.4, 0.5) is 10.6 Å². The summed E-state index contributed by atoms with van der Waals surface area (Å²) in [5.74, 6) is -0.397. The minimum Gasteiger partial charge on any atom is -0.465 e. The van der Waals surface area contributed by atoms with Crippen molar-refractivity contribution >= 4 is 34.5 Å². The van der Waals surface area contributed by atoms with Crippen LogP contribution in [0.1, 0.15) is 44.2 Å². The Hall–Kier alpha value is -3.98. The first kappa shape index (κ1) is 28.0. The molecule has 1 aliphatic heterocycles. The van der Waals surface area contributed by atoms with Gasteiger partial charge >= 0.3 is 12.0 Å². The Morgan fingerprint density at radius 3 is 2.67 bits per heavy atom. The van der Waals surface area contributed by atoms with Crippen LogP contribution in [-0.2, 0) is 27.3 Å². The molecule has 0 bridgehead atoms. The summed E-state index contributed by atoms with van der Waals surface area (Å²) in [5.41, 5.74) is 7.73. The normalized spacial score (nSPS) is 15.7. The highest BCUT2D eigenvalue weighted by atomic mass is 16.5. The molecule has 0 saturated carbocycles. The zero-order valence-electron chi connectivity index (χ0n) is 22.6. The van der Waals surface area contributed by atoms with Gasteiger partial charge in [0.25, 0.3) is 0 Å². The summed E-state index contributed by atoms with van der Waals surface area (Å²) in [4.78, 5) is 47.5. The molecule has 206 valence electrons. The Bertz CT molecular complexity index is 1300. The number of hydrogen-bond donors (Lipinski definition) is 2.